The summed E-state index contributed by atoms with van der Waals surface area (Å²) in [6.07, 6.45) is 0.865. The normalized spacial score (nSPS) is 20.3. The van der Waals surface area contributed by atoms with Crippen molar-refractivity contribution in [2.45, 2.75) is 39.3 Å². The molecule has 1 saturated heterocycles. The molecule has 25 heavy (non-hydrogen) atoms. The largest absolute Gasteiger partial charge is 0.393 e. The summed E-state index contributed by atoms with van der Waals surface area (Å²) in [4.78, 5) is 33.4. The SMILES string of the molecule is CC1(C)CC(O)CCN(C(=O)NCc2nc3ccccc3c(=O)[nH]2)C1. The molecule has 0 spiro atoms. The minimum atomic E-state index is -0.383. The Hall–Kier alpha value is -2.41. The number of hydrogen-bond acceptors (Lipinski definition) is 4. The highest BCUT2D eigenvalue weighted by Crippen LogP contribution is 2.28. The number of likely N-dealkylation sites (tertiary alicyclic amines) is 1. The summed E-state index contributed by atoms with van der Waals surface area (Å²) in [7, 11) is 0. The van der Waals surface area contributed by atoms with E-state index in [4.69, 9.17) is 0 Å². The second-order valence-corrected chi connectivity index (χ2v) is 7.42. The Morgan fingerprint density at radius 3 is 3.00 bits per heavy atom. The first-order valence-corrected chi connectivity index (χ1v) is 8.53. The standard InChI is InChI=1S/C18H24N4O3/c1-18(2)9-12(23)7-8-22(11-18)17(25)19-10-15-20-14-6-4-3-5-13(14)16(24)21-15/h3-6,12,23H,7-11H2,1-2H3,(H,19,25)(H,20,21,24). The summed E-state index contributed by atoms with van der Waals surface area (Å²) in [6.45, 7) is 5.34. The first-order chi connectivity index (χ1) is 11.8. The second kappa shape index (κ2) is 6.84. The number of para-hydroxylation sites is 1. The first kappa shape index (κ1) is 17.4. The third-order valence-electron chi connectivity index (χ3n) is 4.50. The number of H-pyrrole nitrogens is 1. The Morgan fingerprint density at radius 1 is 1.44 bits per heavy atom. The Labute approximate surface area is 146 Å². The van der Waals surface area contributed by atoms with E-state index in [0.29, 0.717) is 42.7 Å². The van der Waals surface area contributed by atoms with Gasteiger partial charge in [-0.25, -0.2) is 9.78 Å². The number of urea groups is 1. The number of aromatic nitrogens is 2. The predicted octanol–water partition coefficient (Wildman–Crippen LogP) is 1.62. The molecule has 2 amide bonds. The minimum Gasteiger partial charge on any atom is -0.393 e. The van der Waals surface area contributed by atoms with Gasteiger partial charge in [-0.3, -0.25) is 4.79 Å². The average Bonchev–Trinajstić information content (AvgIpc) is 2.69. The lowest BCUT2D eigenvalue weighted by molar-refractivity contribution is 0.121. The highest BCUT2D eigenvalue weighted by molar-refractivity contribution is 5.77. The van der Waals surface area contributed by atoms with Crippen LogP contribution in [0.3, 0.4) is 0 Å². The fraction of sp³-hybridized carbons (Fsp3) is 0.500. The van der Waals surface area contributed by atoms with Gasteiger partial charge < -0.3 is 20.3 Å². The zero-order valence-electron chi connectivity index (χ0n) is 14.6. The van der Waals surface area contributed by atoms with E-state index in [1.165, 1.54) is 0 Å². The van der Waals surface area contributed by atoms with E-state index < -0.39 is 0 Å². The summed E-state index contributed by atoms with van der Waals surface area (Å²) in [6, 6.07) is 6.89. The minimum absolute atomic E-state index is 0.136. The number of aliphatic hydroxyl groups is 1. The van der Waals surface area contributed by atoms with Crippen LogP contribution in [0.15, 0.2) is 29.1 Å². The molecule has 1 fully saturated rings. The first-order valence-electron chi connectivity index (χ1n) is 8.53. The van der Waals surface area contributed by atoms with Gasteiger partial charge in [0, 0.05) is 13.1 Å². The van der Waals surface area contributed by atoms with Crippen molar-refractivity contribution in [3.8, 4) is 0 Å². The van der Waals surface area contributed by atoms with Gasteiger partial charge in [0.1, 0.15) is 5.82 Å². The van der Waals surface area contributed by atoms with Crippen LogP contribution in [0.25, 0.3) is 10.9 Å². The summed E-state index contributed by atoms with van der Waals surface area (Å²) in [5, 5.41) is 13.3. The van der Waals surface area contributed by atoms with Crippen LogP contribution in [-0.4, -0.2) is 45.2 Å². The topological polar surface area (TPSA) is 98.3 Å². The molecule has 3 rings (SSSR count). The van der Waals surface area contributed by atoms with Gasteiger partial charge in [-0.1, -0.05) is 26.0 Å². The molecule has 134 valence electrons. The smallest absolute Gasteiger partial charge is 0.317 e. The molecule has 7 heteroatoms. The molecule has 1 aliphatic heterocycles. The summed E-state index contributed by atoms with van der Waals surface area (Å²) in [5.41, 5.74) is 0.256. The molecule has 2 aromatic rings. The van der Waals surface area contributed by atoms with Crippen LogP contribution in [0.4, 0.5) is 4.79 Å². The van der Waals surface area contributed by atoms with Crippen molar-refractivity contribution >= 4 is 16.9 Å². The van der Waals surface area contributed by atoms with Gasteiger partial charge in [0.15, 0.2) is 0 Å². The Morgan fingerprint density at radius 2 is 2.20 bits per heavy atom. The molecule has 1 aliphatic rings. The summed E-state index contributed by atoms with van der Waals surface area (Å²) in [5.74, 6) is 0.422. The maximum atomic E-state index is 12.5. The Balaban J connectivity index is 1.69. The third kappa shape index (κ3) is 4.17. The summed E-state index contributed by atoms with van der Waals surface area (Å²) >= 11 is 0. The number of rotatable bonds is 2. The van der Waals surface area contributed by atoms with E-state index in [2.05, 4.69) is 15.3 Å². The van der Waals surface area contributed by atoms with Crippen molar-refractivity contribution in [3.63, 3.8) is 0 Å². The van der Waals surface area contributed by atoms with Gasteiger partial charge in [-0.05, 0) is 30.4 Å². The molecule has 7 nitrogen and oxygen atoms in total. The quantitative estimate of drug-likeness (QED) is 0.771. The fourth-order valence-corrected chi connectivity index (χ4v) is 3.37. The number of carbonyl (C=O) groups is 1. The van der Waals surface area contributed by atoms with Gasteiger partial charge in [-0.15, -0.1) is 0 Å². The van der Waals surface area contributed by atoms with Crippen LogP contribution in [0.5, 0.6) is 0 Å². The van der Waals surface area contributed by atoms with Crippen LogP contribution in [0.1, 0.15) is 32.5 Å². The number of fused-ring (bicyclic) bond motifs is 1. The molecule has 0 radical (unpaired) electrons. The molecule has 2 heterocycles. The van der Waals surface area contributed by atoms with Crippen molar-refractivity contribution in [3.05, 3.63) is 40.4 Å². The van der Waals surface area contributed by atoms with E-state index in [9.17, 15) is 14.7 Å². The van der Waals surface area contributed by atoms with E-state index >= 15 is 0 Å². The van der Waals surface area contributed by atoms with Gasteiger partial charge in [0.2, 0.25) is 0 Å². The van der Waals surface area contributed by atoms with Crippen molar-refractivity contribution in [2.75, 3.05) is 13.1 Å². The molecule has 0 saturated carbocycles. The van der Waals surface area contributed by atoms with Gasteiger partial charge >= 0.3 is 6.03 Å². The predicted molar refractivity (Wildman–Crippen MR) is 95.2 cm³/mol. The van der Waals surface area contributed by atoms with E-state index in [-0.39, 0.29) is 29.7 Å². The molecular formula is C18H24N4O3. The highest BCUT2D eigenvalue weighted by Gasteiger charge is 2.31. The molecule has 1 atom stereocenters. The van der Waals surface area contributed by atoms with E-state index in [1.54, 1.807) is 23.1 Å². The molecule has 1 unspecified atom stereocenters. The number of aromatic amines is 1. The highest BCUT2D eigenvalue weighted by atomic mass is 16.3. The zero-order chi connectivity index (χ0) is 18.0. The third-order valence-corrected chi connectivity index (χ3v) is 4.50. The van der Waals surface area contributed by atoms with Gasteiger partial charge in [0.25, 0.3) is 5.56 Å². The molecule has 0 aliphatic carbocycles. The Bertz CT molecular complexity index is 830. The lowest BCUT2D eigenvalue weighted by atomic mass is 9.87. The van der Waals surface area contributed by atoms with Crippen molar-refractivity contribution in [1.29, 1.82) is 0 Å². The Kier molecular flexibility index (Phi) is 4.76. The number of carbonyl (C=O) groups excluding carboxylic acids is 1. The monoisotopic (exact) mass is 344 g/mol. The molecule has 0 bridgehead atoms. The van der Waals surface area contributed by atoms with Crippen LogP contribution in [0.2, 0.25) is 0 Å². The number of amides is 2. The van der Waals surface area contributed by atoms with Crippen LogP contribution in [-0.2, 0) is 6.54 Å². The number of benzene rings is 1. The molecular weight excluding hydrogens is 320 g/mol. The lowest BCUT2D eigenvalue weighted by Crippen LogP contribution is -2.43. The van der Waals surface area contributed by atoms with Crippen molar-refractivity contribution in [1.82, 2.24) is 20.2 Å². The number of aliphatic hydroxyl groups excluding tert-OH is 1. The van der Waals surface area contributed by atoms with Crippen LogP contribution < -0.4 is 10.9 Å². The lowest BCUT2D eigenvalue weighted by Gasteiger charge is -2.29. The van der Waals surface area contributed by atoms with Crippen molar-refractivity contribution in [2.24, 2.45) is 5.41 Å². The number of nitrogens with one attached hydrogen (secondary N) is 2. The number of nitrogens with zero attached hydrogens (tertiary/aromatic N) is 2. The zero-order valence-corrected chi connectivity index (χ0v) is 14.6. The molecule has 3 N–H and O–H groups in total. The molecule has 1 aromatic heterocycles. The van der Waals surface area contributed by atoms with Crippen LogP contribution in [0, 0.1) is 5.41 Å². The van der Waals surface area contributed by atoms with Crippen LogP contribution >= 0.6 is 0 Å². The summed E-state index contributed by atoms with van der Waals surface area (Å²) < 4.78 is 0. The maximum absolute atomic E-state index is 12.5. The average molecular weight is 344 g/mol. The van der Waals surface area contributed by atoms with E-state index in [0.717, 1.165) is 0 Å². The fourth-order valence-electron chi connectivity index (χ4n) is 3.37. The van der Waals surface area contributed by atoms with Crippen molar-refractivity contribution < 1.29 is 9.90 Å². The maximum Gasteiger partial charge on any atom is 0.317 e. The van der Waals surface area contributed by atoms with E-state index in [1.807, 2.05) is 19.9 Å². The molecule has 1 aromatic carbocycles. The van der Waals surface area contributed by atoms with Gasteiger partial charge in [0.05, 0.1) is 23.6 Å². The van der Waals surface area contributed by atoms with Gasteiger partial charge in [-0.2, -0.15) is 0 Å². The number of hydrogen-bond donors (Lipinski definition) is 3. The second-order valence-electron chi connectivity index (χ2n) is 7.42.